The maximum atomic E-state index is 2.62. The normalized spacial score (nSPS) is 36.2. The summed E-state index contributed by atoms with van der Waals surface area (Å²) in [6, 6.07) is 0. The van der Waals surface area contributed by atoms with E-state index in [2.05, 4.69) is 30.7 Å². The summed E-state index contributed by atoms with van der Waals surface area (Å²) in [5.74, 6) is 3.56. The predicted octanol–water partition coefficient (Wildman–Crippen LogP) is -5.62. The third kappa shape index (κ3) is 4.10. The number of fused-ring (bicyclic) bond motifs is 3. The summed E-state index contributed by atoms with van der Waals surface area (Å²) in [5.41, 5.74) is 0. The van der Waals surface area contributed by atoms with Crippen molar-refractivity contribution in [2.75, 3.05) is 0 Å². The predicted molar refractivity (Wildman–Crippen MR) is 55.0 cm³/mol. The molecule has 3 aliphatic rings. The Kier molecular flexibility index (Phi) is 11.1. The number of hydrogen-bond donors (Lipinski definition) is 0. The van der Waals surface area contributed by atoms with Gasteiger partial charge in [-0.05, 0) is 5.92 Å². The molecule has 2 saturated carbocycles. The molecule has 3 aliphatic carbocycles. The van der Waals surface area contributed by atoms with Crippen molar-refractivity contribution in [3.8, 4) is 0 Å². The molecule has 4 heteroatoms. The topological polar surface area (TPSA) is 0 Å². The summed E-state index contributed by atoms with van der Waals surface area (Å²) in [7, 11) is 0. The molecule has 0 aromatic heterocycles. The van der Waals surface area contributed by atoms with Crippen LogP contribution >= 0.6 is 0 Å². The van der Waals surface area contributed by atoms with E-state index in [0.29, 0.717) is 0 Å². The van der Waals surface area contributed by atoms with E-state index < -0.39 is 0 Å². The van der Waals surface area contributed by atoms with Crippen LogP contribution in [0.1, 0.15) is 25.7 Å². The zero-order valence-electron chi connectivity index (χ0n) is 9.66. The van der Waals surface area contributed by atoms with Crippen LogP contribution in [0.3, 0.4) is 0 Å². The van der Waals surface area contributed by atoms with E-state index in [9.17, 15) is 0 Å². The molecule has 4 unspecified atom stereocenters. The number of rotatable bonds is 0. The van der Waals surface area contributed by atoms with E-state index >= 15 is 0 Å². The van der Waals surface area contributed by atoms with Gasteiger partial charge in [0.1, 0.15) is 0 Å². The molecule has 0 aromatic rings. The second-order valence-electron chi connectivity index (χ2n) is 4.73. The molecule has 0 N–H and O–H groups in total. The van der Waals surface area contributed by atoms with Gasteiger partial charge < -0.3 is 43.6 Å². The summed E-state index contributed by atoms with van der Waals surface area (Å²) >= 11 is 0. The first-order chi connectivity index (χ1) is 6.45. The third-order valence-corrected chi connectivity index (χ3v) is 4.06. The Morgan fingerprint density at radius 3 is 2.29 bits per heavy atom. The van der Waals surface area contributed by atoms with Crippen molar-refractivity contribution in [1.82, 2.24) is 0 Å². The Morgan fingerprint density at radius 2 is 1.53 bits per heavy atom. The van der Waals surface area contributed by atoms with E-state index in [1.165, 1.54) is 25.7 Å². The number of hydrogen-bond acceptors (Lipinski definition) is 0. The first-order valence-corrected chi connectivity index (χ1v) is 5.65. The zero-order valence-corrected chi connectivity index (χ0v) is 14.4. The van der Waals surface area contributed by atoms with Crippen molar-refractivity contribution in [2.24, 2.45) is 23.7 Å². The van der Waals surface area contributed by atoms with Crippen molar-refractivity contribution >= 4 is 0 Å². The Bertz CT molecular complexity index is 265. The summed E-state index contributed by atoms with van der Waals surface area (Å²) in [4.78, 5) is 0. The van der Waals surface area contributed by atoms with Gasteiger partial charge in [-0.1, -0.05) is 49.8 Å². The van der Waals surface area contributed by atoms with E-state index in [0.717, 1.165) is 23.7 Å². The molecule has 0 nitrogen and oxygen atoms in total. The second kappa shape index (κ2) is 9.19. The quantitative estimate of drug-likeness (QED) is 0.373. The average Bonchev–Trinajstić information content (AvgIpc) is 2.56. The van der Waals surface area contributed by atoms with Crippen LogP contribution in [0.15, 0.2) is 24.3 Å². The molecule has 0 heterocycles. The molecule has 2 fully saturated rings. The van der Waals surface area contributed by atoms with Crippen molar-refractivity contribution in [2.45, 2.75) is 25.7 Å². The molecule has 0 bridgehead atoms. The smallest absolute Gasteiger partial charge is 1.00 e. The van der Waals surface area contributed by atoms with Gasteiger partial charge in [0.15, 0.2) is 0 Å². The largest absolute Gasteiger partial charge is 4.00 e. The SMILES string of the molecule is C1=CC2[CH-]C3CCCCC3C2C=C1.[Cl-].[Cl-].[Cl-].[Zr+4]. The Balaban J connectivity index is 0. The summed E-state index contributed by atoms with van der Waals surface area (Å²) in [5, 5.41) is 0. The van der Waals surface area contributed by atoms with Crippen LogP contribution in [0.5, 0.6) is 0 Å². The Labute approximate surface area is 142 Å². The summed E-state index contributed by atoms with van der Waals surface area (Å²) < 4.78 is 0. The molecule has 4 atom stereocenters. The maximum Gasteiger partial charge on any atom is 4.00 e. The van der Waals surface area contributed by atoms with E-state index in [4.69, 9.17) is 0 Å². The van der Waals surface area contributed by atoms with Crippen molar-refractivity contribution in [1.29, 1.82) is 0 Å². The van der Waals surface area contributed by atoms with Gasteiger partial charge in [0.25, 0.3) is 0 Å². The van der Waals surface area contributed by atoms with Crippen LogP contribution in [-0.4, -0.2) is 0 Å². The van der Waals surface area contributed by atoms with Crippen LogP contribution in [-0.2, 0) is 26.2 Å². The van der Waals surface area contributed by atoms with Crippen LogP contribution < -0.4 is 37.2 Å². The third-order valence-electron chi connectivity index (χ3n) is 4.06. The summed E-state index contributed by atoms with van der Waals surface area (Å²) in [6.45, 7) is 0. The van der Waals surface area contributed by atoms with Crippen LogP contribution in [0.25, 0.3) is 0 Å². The van der Waals surface area contributed by atoms with E-state index in [1.54, 1.807) is 0 Å². The Hall–Kier alpha value is 1.23. The van der Waals surface area contributed by atoms with Crippen molar-refractivity contribution in [3.63, 3.8) is 0 Å². The van der Waals surface area contributed by atoms with Gasteiger partial charge in [-0.15, -0.1) is 12.0 Å². The van der Waals surface area contributed by atoms with Gasteiger partial charge in [-0.3, -0.25) is 0 Å². The van der Waals surface area contributed by atoms with E-state index in [-0.39, 0.29) is 63.4 Å². The van der Waals surface area contributed by atoms with Gasteiger partial charge in [-0.2, -0.15) is 5.92 Å². The van der Waals surface area contributed by atoms with Crippen LogP contribution in [0.4, 0.5) is 0 Å². The van der Waals surface area contributed by atoms with Gasteiger partial charge in [0.2, 0.25) is 0 Å². The minimum absolute atomic E-state index is 0. The van der Waals surface area contributed by atoms with Crippen molar-refractivity contribution < 1.29 is 63.4 Å². The van der Waals surface area contributed by atoms with Crippen molar-refractivity contribution in [3.05, 3.63) is 30.7 Å². The standard InChI is InChI=1S/C13H17.3ClH.Zr/c1-3-7-12-10(5-1)9-11-6-2-4-8-13(11)12;;;;/h1,3,5,7,9-13H,2,4,6,8H2;3*1H;/q-1;;;;+4/p-3. The molecule has 0 spiro atoms. The van der Waals surface area contributed by atoms with Gasteiger partial charge >= 0.3 is 26.2 Å². The monoisotopic (exact) mass is 368 g/mol. The fraction of sp³-hybridized carbons (Fsp3) is 0.615. The van der Waals surface area contributed by atoms with Gasteiger partial charge in [0, 0.05) is 0 Å². The number of allylic oxidation sites excluding steroid dienone is 4. The maximum absolute atomic E-state index is 2.62. The fourth-order valence-corrected chi connectivity index (χ4v) is 3.45. The second-order valence-corrected chi connectivity index (χ2v) is 4.73. The van der Waals surface area contributed by atoms with Crippen LogP contribution in [0.2, 0.25) is 0 Å². The molecule has 3 rings (SSSR count). The first kappa shape index (κ1) is 20.5. The Morgan fingerprint density at radius 1 is 0.882 bits per heavy atom. The fourth-order valence-electron chi connectivity index (χ4n) is 3.45. The minimum Gasteiger partial charge on any atom is -1.00 e. The van der Waals surface area contributed by atoms with Gasteiger partial charge in [-0.25, -0.2) is 0 Å². The molecule has 0 radical (unpaired) electrons. The zero-order chi connectivity index (χ0) is 8.67. The molecule has 0 aromatic carbocycles. The first-order valence-electron chi connectivity index (χ1n) is 5.65. The minimum atomic E-state index is 0. The average molecular weight is 371 g/mol. The van der Waals surface area contributed by atoms with Gasteiger partial charge in [0.05, 0.1) is 0 Å². The number of halogens is 3. The summed E-state index contributed by atoms with van der Waals surface area (Å²) in [6.07, 6.45) is 17.8. The molecule has 94 valence electrons. The molecular formula is C13H17Cl3Zr. The van der Waals surface area contributed by atoms with Crippen LogP contribution in [0, 0.1) is 30.1 Å². The van der Waals surface area contributed by atoms with E-state index in [1.807, 2.05) is 0 Å². The molecule has 17 heavy (non-hydrogen) atoms. The molecule has 0 aliphatic heterocycles. The molecule has 0 amide bonds. The molecule has 0 saturated heterocycles. The molecular weight excluding hydrogens is 354 g/mol.